The first-order chi connectivity index (χ1) is 12.6. The van der Waals surface area contributed by atoms with Crippen molar-refractivity contribution >= 4 is 40.6 Å². The molecule has 1 amide bonds. The number of halogens is 1. The third-order valence-corrected chi connectivity index (χ3v) is 5.51. The van der Waals surface area contributed by atoms with Crippen LogP contribution in [-0.4, -0.2) is 46.9 Å². The molecule has 1 fully saturated rings. The van der Waals surface area contributed by atoms with E-state index in [0.717, 1.165) is 35.7 Å². The summed E-state index contributed by atoms with van der Waals surface area (Å²) in [5.74, 6) is -0.255. The van der Waals surface area contributed by atoms with Gasteiger partial charge in [-0.2, -0.15) is 0 Å². The van der Waals surface area contributed by atoms with Gasteiger partial charge in [0.1, 0.15) is 16.2 Å². The number of rotatable bonds is 3. The number of carbonyl (C=O) groups is 1. The van der Waals surface area contributed by atoms with Gasteiger partial charge in [0.25, 0.3) is 5.91 Å². The molecule has 0 atom stereocenters. The lowest BCUT2D eigenvalue weighted by Crippen LogP contribution is -2.49. The highest BCUT2D eigenvalue weighted by Gasteiger charge is 2.25. The molecule has 3 heterocycles. The van der Waals surface area contributed by atoms with Gasteiger partial charge in [-0.1, -0.05) is 18.2 Å². The van der Waals surface area contributed by atoms with Crippen molar-refractivity contribution in [3.8, 4) is 0 Å². The third kappa shape index (κ3) is 4.21. The molecule has 0 saturated carbocycles. The van der Waals surface area contributed by atoms with Gasteiger partial charge in [-0.05, 0) is 19.1 Å². The molecular weight excluding hydrogens is 386 g/mol. The van der Waals surface area contributed by atoms with Gasteiger partial charge in [-0.3, -0.25) is 9.69 Å². The Morgan fingerprint density at radius 3 is 2.67 bits per heavy atom. The van der Waals surface area contributed by atoms with Gasteiger partial charge >= 0.3 is 5.63 Å². The normalized spacial score (nSPS) is 14.9. The minimum atomic E-state index is -0.575. The van der Waals surface area contributed by atoms with E-state index in [9.17, 15) is 9.59 Å². The van der Waals surface area contributed by atoms with E-state index in [1.54, 1.807) is 34.4 Å². The van der Waals surface area contributed by atoms with Crippen LogP contribution < -0.4 is 5.63 Å². The van der Waals surface area contributed by atoms with Gasteiger partial charge in [0.2, 0.25) is 0 Å². The zero-order chi connectivity index (χ0) is 18.1. The summed E-state index contributed by atoms with van der Waals surface area (Å²) in [6.07, 6.45) is 0. The first kappa shape index (κ1) is 19.5. The molecule has 0 spiro atoms. The summed E-state index contributed by atoms with van der Waals surface area (Å²) >= 11 is 1.66. The number of para-hydroxylation sites is 1. The van der Waals surface area contributed by atoms with Gasteiger partial charge in [-0.25, -0.2) is 9.78 Å². The predicted octanol–water partition coefficient (Wildman–Crippen LogP) is 2.94. The van der Waals surface area contributed by atoms with Gasteiger partial charge in [0.05, 0.1) is 6.54 Å². The number of hydrogen-bond acceptors (Lipinski definition) is 6. The van der Waals surface area contributed by atoms with Crippen LogP contribution in [0.4, 0.5) is 0 Å². The highest BCUT2D eigenvalue weighted by atomic mass is 35.5. The molecule has 0 aliphatic carbocycles. The van der Waals surface area contributed by atoms with E-state index in [0.29, 0.717) is 18.7 Å². The molecule has 4 rings (SSSR count). The number of carbonyl (C=O) groups excluding carboxylic acids is 1. The zero-order valence-electron chi connectivity index (χ0n) is 14.9. The number of aryl methyl sites for hydroxylation is 1. The summed E-state index contributed by atoms with van der Waals surface area (Å²) in [6, 6.07) is 8.85. The van der Waals surface area contributed by atoms with Crippen molar-refractivity contribution in [1.82, 2.24) is 14.8 Å². The van der Waals surface area contributed by atoms with Gasteiger partial charge in [0.15, 0.2) is 0 Å². The van der Waals surface area contributed by atoms with Crippen LogP contribution >= 0.6 is 23.7 Å². The van der Waals surface area contributed by atoms with Crippen LogP contribution in [0.3, 0.4) is 0 Å². The summed E-state index contributed by atoms with van der Waals surface area (Å²) in [4.78, 5) is 33.5. The molecule has 0 unspecified atom stereocenters. The SMILES string of the molecule is Cc1csc(CN2CCN(C(=O)c3cc4ccccc4oc3=O)CC2)n1.Cl. The van der Waals surface area contributed by atoms with E-state index in [4.69, 9.17) is 4.42 Å². The Labute approximate surface area is 166 Å². The molecule has 1 saturated heterocycles. The second-order valence-electron chi connectivity index (χ2n) is 6.44. The van der Waals surface area contributed by atoms with Crippen molar-refractivity contribution in [3.63, 3.8) is 0 Å². The number of amides is 1. The van der Waals surface area contributed by atoms with Crippen LogP contribution in [0.5, 0.6) is 0 Å². The fourth-order valence-electron chi connectivity index (χ4n) is 3.16. The summed E-state index contributed by atoms with van der Waals surface area (Å²) in [6.45, 7) is 5.52. The van der Waals surface area contributed by atoms with E-state index < -0.39 is 5.63 Å². The van der Waals surface area contributed by atoms with E-state index in [1.807, 2.05) is 24.4 Å². The van der Waals surface area contributed by atoms with Gasteiger partial charge in [-0.15, -0.1) is 23.7 Å². The topological polar surface area (TPSA) is 66.7 Å². The van der Waals surface area contributed by atoms with Crippen LogP contribution in [0.2, 0.25) is 0 Å². The molecule has 3 aromatic rings. The Morgan fingerprint density at radius 2 is 1.96 bits per heavy atom. The second-order valence-corrected chi connectivity index (χ2v) is 7.38. The zero-order valence-corrected chi connectivity index (χ0v) is 16.5. The maximum Gasteiger partial charge on any atom is 0.349 e. The fourth-order valence-corrected chi connectivity index (χ4v) is 3.97. The highest BCUT2D eigenvalue weighted by Crippen LogP contribution is 2.16. The Kier molecular flexibility index (Phi) is 5.94. The molecule has 2 aromatic heterocycles. The van der Waals surface area contributed by atoms with Crippen LogP contribution in [0.1, 0.15) is 21.1 Å². The summed E-state index contributed by atoms with van der Waals surface area (Å²) in [5.41, 5.74) is 1.07. The number of aromatic nitrogens is 1. The Bertz CT molecular complexity index is 1010. The number of piperazine rings is 1. The van der Waals surface area contributed by atoms with Crippen molar-refractivity contribution in [2.24, 2.45) is 0 Å². The molecule has 6 nitrogen and oxygen atoms in total. The number of nitrogens with zero attached hydrogens (tertiary/aromatic N) is 3. The monoisotopic (exact) mass is 405 g/mol. The largest absolute Gasteiger partial charge is 0.422 e. The second kappa shape index (κ2) is 8.21. The van der Waals surface area contributed by atoms with Crippen LogP contribution in [0.25, 0.3) is 11.0 Å². The first-order valence-corrected chi connectivity index (χ1v) is 9.43. The smallest absolute Gasteiger partial charge is 0.349 e. The molecule has 1 aliphatic rings. The number of thiazole rings is 1. The number of fused-ring (bicyclic) bond motifs is 1. The maximum absolute atomic E-state index is 12.8. The molecule has 0 radical (unpaired) electrons. The molecular formula is C19H20ClN3O3S. The van der Waals surface area contributed by atoms with E-state index in [-0.39, 0.29) is 23.9 Å². The average molecular weight is 406 g/mol. The summed E-state index contributed by atoms with van der Waals surface area (Å²) < 4.78 is 5.29. The molecule has 0 N–H and O–H groups in total. The van der Waals surface area contributed by atoms with Gasteiger partial charge < -0.3 is 9.32 Å². The first-order valence-electron chi connectivity index (χ1n) is 8.56. The molecule has 8 heteroatoms. The van der Waals surface area contributed by atoms with Crippen molar-refractivity contribution in [2.45, 2.75) is 13.5 Å². The third-order valence-electron chi connectivity index (χ3n) is 4.56. The molecule has 0 bridgehead atoms. The quantitative estimate of drug-likeness (QED) is 0.627. The van der Waals surface area contributed by atoms with Crippen molar-refractivity contribution < 1.29 is 9.21 Å². The van der Waals surface area contributed by atoms with Crippen LogP contribution in [0, 0.1) is 6.92 Å². The van der Waals surface area contributed by atoms with Crippen molar-refractivity contribution in [3.05, 3.63) is 62.4 Å². The van der Waals surface area contributed by atoms with E-state index >= 15 is 0 Å². The van der Waals surface area contributed by atoms with Crippen molar-refractivity contribution in [1.29, 1.82) is 0 Å². The number of benzene rings is 1. The Balaban J connectivity index is 0.00000210. The van der Waals surface area contributed by atoms with E-state index in [2.05, 4.69) is 9.88 Å². The maximum atomic E-state index is 12.8. The summed E-state index contributed by atoms with van der Waals surface area (Å²) in [5, 5.41) is 3.90. The molecule has 1 aliphatic heterocycles. The average Bonchev–Trinajstić information content (AvgIpc) is 3.06. The fraction of sp³-hybridized carbons (Fsp3) is 0.316. The van der Waals surface area contributed by atoms with Crippen LogP contribution in [-0.2, 0) is 6.54 Å². The molecule has 27 heavy (non-hydrogen) atoms. The lowest BCUT2D eigenvalue weighted by Gasteiger charge is -2.34. The van der Waals surface area contributed by atoms with Gasteiger partial charge in [0, 0.05) is 42.6 Å². The lowest BCUT2D eigenvalue weighted by molar-refractivity contribution is 0.0624. The summed E-state index contributed by atoms with van der Waals surface area (Å²) in [7, 11) is 0. The van der Waals surface area contributed by atoms with Crippen LogP contribution in [0.15, 0.2) is 44.9 Å². The lowest BCUT2D eigenvalue weighted by atomic mass is 10.1. The minimum Gasteiger partial charge on any atom is -0.422 e. The highest BCUT2D eigenvalue weighted by molar-refractivity contribution is 7.09. The minimum absolute atomic E-state index is 0. The standard InChI is InChI=1S/C19H19N3O3S.ClH/c1-13-12-26-17(20-13)11-21-6-8-22(9-7-21)18(23)15-10-14-4-2-3-5-16(14)25-19(15)24;/h2-5,10,12H,6-9,11H2,1H3;1H. The molecule has 142 valence electrons. The Hall–Kier alpha value is -2.22. The van der Waals surface area contributed by atoms with E-state index in [1.165, 1.54) is 0 Å². The Morgan fingerprint density at radius 1 is 1.22 bits per heavy atom. The molecule has 1 aromatic carbocycles. The predicted molar refractivity (Wildman–Crippen MR) is 108 cm³/mol. The van der Waals surface area contributed by atoms with Crippen molar-refractivity contribution in [2.75, 3.05) is 26.2 Å². The number of hydrogen-bond donors (Lipinski definition) is 0.